The minimum absolute atomic E-state index is 0.0489. The lowest BCUT2D eigenvalue weighted by Gasteiger charge is -2.35. The molecule has 3 aromatic carbocycles. The molecule has 2 atom stereocenters. The summed E-state index contributed by atoms with van der Waals surface area (Å²) in [5.74, 6) is -0.518. The van der Waals surface area contributed by atoms with Crippen LogP contribution >= 0.6 is 11.6 Å². The third-order valence-corrected chi connectivity index (χ3v) is 7.48. The zero-order chi connectivity index (χ0) is 29.0. The number of benzene rings is 3. The first kappa shape index (κ1) is 28.0. The maximum Gasteiger partial charge on any atom is 0.412 e. The van der Waals surface area contributed by atoms with Crippen LogP contribution in [0, 0.1) is 0 Å². The molecule has 2 heterocycles. The normalized spacial score (nSPS) is 18.1. The summed E-state index contributed by atoms with van der Waals surface area (Å²) in [7, 11) is 1.26. The quantitative estimate of drug-likeness (QED) is 0.366. The fourth-order valence-electron chi connectivity index (χ4n) is 5.22. The number of anilines is 2. The minimum atomic E-state index is -0.990. The molecule has 2 aliphatic heterocycles. The zero-order valence-corrected chi connectivity index (χ0v) is 23.1. The van der Waals surface area contributed by atoms with Crippen LogP contribution < -0.4 is 16.0 Å². The van der Waals surface area contributed by atoms with E-state index in [9.17, 15) is 19.2 Å². The summed E-state index contributed by atoms with van der Waals surface area (Å²) in [5, 5.41) is 8.74. The van der Waals surface area contributed by atoms with Crippen molar-refractivity contribution in [1.82, 2.24) is 10.2 Å². The third kappa shape index (κ3) is 6.44. The molecule has 4 amide bonds. The number of likely N-dealkylation sites (tertiary alicyclic amines) is 1. The van der Waals surface area contributed by atoms with Gasteiger partial charge in [-0.3, -0.25) is 20.2 Å². The van der Waals surface area contributed by atoms with Gasteiger partial charge in [-0.15, -0.1) is 0 Å². The van der Waals surface area contributed by atoms with Crippen LogP contribution in [0.2, 0.25) is 5.02 Å². The Labute approximate surface area is 241 Å². The SMILES string of the molecule is COC(=O)Nc1ccc(C(=O)N[C@H](CC(=O)N2CCC3(C2)OC(=O)Nc2ccc(Cl)cc23)Cc2ccccc2)cc1. The van der Waals surface area contributed by atoms with Gasteiger partial charge in [0, 0.05) is 47.3 Å². The lowest BCUT2D eigenvalue weighted by atomic mass is 9.90. The summed E-state index contributed by atoms with van der Waals surface area (Å²) >= 11 is 6.24. The van der Waals surface area contributed by atoms with E-state index in [2.05, 4.69) is 20.7 Å². The predicted octanol–water partition coefficient (Wildman–Crippen LogP) is 4.94. The number of rotatable bonds is 7. The highest BCUT2D eigenvalue weighted by molar-refractivity contribution is 6.30. The van der Waals surface area contributed by atoms with Gasteiger partial charge < -0.3 is 19.7 Å². The molecule has 212 valence electrons. The molecule has 0 bridgehead atoms. The number of hydrogen-bond acceptors (Lipinski definition) is 6. The van der Waals surface area contributed by atoms with Crippen LogP contribution in [0.15, 0.2) is 72.8 Å². The average Bonchev–Trinajstić information content (AvgIpc) is 3.38. The number of nitrogens with zero attached hydrogens (tertiary/aromatic N) is 1. The van der Waals surface area contributed by atoms with Gasteiger partial charge >= 0.3 is 12.2 Å². The molecule has 0 saturated carbocycles. The van der Waals surface area contributed by atoms with Gasteiger partial charge in [-0.05, 0) is 54.4 Å². The maximum absolute atomic E-state index is 13.6. The summed E-state index contributed by atoms with van der Waals surface area (Å²) in [6.45, 7) is 0.575. The molecule has 3 aromatic rings. The van der Waals surface area contributed by atoms with Gasteiger partial charge in [0.15, 0.2) is 5.60 Å². The van der Waals surface area contributed by atoms with E-state index in [1.54, 1.807) is 47.4 Å². The number of carbonyl (C=O) groups is 4. The Balaban J connectivity index is 1.30. The highest BCUT2D eigenvalue weighted by Crippen LogP contribution is 2.43. The van der Waals surface area contributed by atoms with Gasteiger partial charge in [-0.2, -0.15) is 0 Å². The lowest BCUT2D eigenvalue weighted by molar-refractivity contribution is -0.131. The smallest absolute Gasteiger partial charge is 0.412 e. The fraction of sp³-hybridized carbons (Fsp3) is 0.267. The average molecular weight is 577 g/mol. The van der Waals surface area contributed by atoms with Crippen molar-refractivity contribution >= 4 is 47.0 Å². The van der Waals surface area contributed by atoms with E-state index in [-0.39, 0.29) is 24.8 Å². The summed E-state index contributed by atoms with van der Waals surface area (Å²) < 4.78 is 10.3. The first-order valence-corrected chi connectivity index (χ1v) is 13.5. The van der Waals surface area contributed by atoms with Crippen LogP contribution in [0.5, 0.6) is 0 Å². The number of nitrogens with one attached hydrogen (secondary N) is 3. The van der Waals surface area contributed by atoms with Gasteiger partial charge in [-0.1, -0.05) is 41.9 Å². The summed E-state index contributed by atoms with van der Waals surface area (Å²) in [6.07, 6.45) is -0.264. The molecule has 10 nitrogen and oxygen atoms in total. The molecule has 0 radical (unpaired) electrons. The molecular formula is C30H29ClN4O6. The number of carbonyl (C=O) groups excluding carboxylic acids is 4. The van der Waals surface area contributed by atoms with Crippen molar-refractivity contribution in [3.63, 3.8) is 0 Å². The first-order chi connectivity index (χ1) is 19.7. The second-order valence-electron chi connectivity index (χ2n) is 10.0. The van der Waals surface area contributed by atoms with Gasteiger partial charge in [0.2, 0.25) is 5.91 Å². The molecular weight excluding hydrogens is 548 g/mol. The van der Waals surface area contributed by atoms with E-state index in [0.717, 1.165) is 11.1 Å². The maximum atomic E-state index is 13.6. The predicted molar refractivity (Wildman–Crippen MR) is 153 cm³/mol. The van der Waals surface area contributed by atoms with Crippen LogP contribution in [0.25, 0.3) is 0 Å². The molecule has 3 N–H and O–H groups in total. The summed E-state index contributed by atoms with van der Waals surface area (Å²) in [5.41, 5.74) is 2.18. The van der Waals surface area contributed by atoms with Gasteiger partial charge in [-0.25, -0.2) is 9.59 Å². The lowest BCUT2D eigenvalue weighted by Crippen LogP contribution is -2.44. The molecule has 1 fully saturated rings. The fourth-order valence-corrected chi connectivity index (χ4v) is 5.40. The van der Waals surface area contributed by atoms with Crippen molar-refractivity contribution in [1.29, 1.82) is 0 Å². The molecule has 11 heteroatoms. The van der Waals surface area contributed by atoms with E-state index in [1.165, 1.54) is 7.11 Å². The van der Waals surface area contributed by atoms with E-state index < -0.39 is 23.8 Å². The third-order valence-electron chi connectivity index (χ3n) is 7.24. The van der Waals surface area contributed by atoms with Gasteiger partial charge in [0.1, 0.15) is 0 Å². The van der Waals surface area contributed by atoms with Crippen LogP contribution in [0.4, 0.5) is 21.0 Å². The number of ether oxygens (including phenoxy) is 2. The van der Waals surface area contributed by atoms with Gasteiger partial charge in [0.25, 0.3) is 5.91 Å². The molecule has 0 aromatic heterocycles. The summed E-state index contributed by atoms with van der Waals surface area (Å²) in [6, 6.07) is 20.6. The standard InChI is InChI=1S/C30H29ClN4O6/c1-40-28(38)33-22-10-7-20(8-11-22)27(37)32-23(15-19-5-3-2-4-6-19)17-26(36)35-14-13-30(18-35)24-16-21(31)9-12-25(24)34-29(39)41-30/h2-12,16,23H,13-15,17-18H2,1H3,(H,32,37)(H,33,38)(H,34,39)/t23-,30?/m0/s1. The number of hydrogen-bond donors (Lipinski definition) is 3. The molecule has 0 aliphatic carbocycles. The van der Waals surface area contributed by atoms with Crippen molar-refractivity contribution in [2.24, 2.45) is 0 Å². The largest absolute Gasteiger partial charge is 0.453 e. The number of fused-ring (bicyclic) bond motifs is 2. The van der Waals surface area contributed by atoms with E-state index in [4.69, 9.17) is 16.3 Å². The second-order valence-corrected chi connectivity index (χ2v) is 10.5. The molecule has 5 rings (SSSR count). The minimum Gasteiger partial charge on any atom is -0.453 e. The Bertz CT molecular complexity index is 1470. The van der Waals surface area contributed by atoms with E-state index >= 15 is 0 Å². The first-order valence-electron chi connectivity index (χ1n) is 13.1. The zero-order valence-electron chi connectivity index (χ0n) is 22.3. The molecule has 1 saturated heterocycles. The van der Waals surface area contributed by atoms with Crippen molar-refractivity contribution < 1.29 is 28.7 Å². The highest BCUT2D eigenvalue weighted by atomic mass is 35.5. The van der Waals surface area contributed by atoms with Crippen molar-refractivity contribution in [2.45, 2.75) is 30.9 Å². The Hall–Kier alpha value is -4.57. The van der Waals surface area contributed by atoms with Crippen LogP contribution in [-0.4, -0.2) is 55.1 Å². The molecule has 2 aliphatic rings. The molecule has 1 spiro atoms. The number of amides is 4. The Morgan fingerprint density at radius 3 is 2.59 bits per heavy atom. The number of halogens is 1. The monoisotopic (exact) mass is 576 g/mol. The van der Waals surface area contributed by atoms with Gasteiger partial charge in [0.05, 0.1) is 19.3 Å². The van der Waals surface area contributed by atoms with Crippen molar-refractivity contribution in [2.75, 3.05) is 30.8 Å². The van der Waals surface area contributed by atoms with Crippen LogP contribution in [-0.2, 0) is 26.3 Å². The van der Waals surface area contributed by atoms with Crippen molar-refractivity contribution in [3.8, 4) is 0 Å². The van der Waals surface area contributed by atoms with E-state index in [0.29, 0.717) is 41.3 Å². The Morgan fingerprint density at radius 2 is 1.85 bits per heavy atom. The second kappa shape index (κ2) is 11.9. The Kier molecular flexibility index (Phi) is 8.11. The molecule has 1 unspecified atom stereocenters. The summed E-state index contributed by atoms with van der Waals surface area (Å²) in [4.78, 5) is 52.2. The highest BCUT2D eigenvalue weighted by Gasteiger charge is 2.48. The molecule has 41 heavy (non-hydrogen) atoms. The topological polar surface area (TPSA) is 126 Å². The number of methoxy groups -OCH3 is 1. The van der Waals surface area contributed by atoms with E-state index in [1.807, 2.05) is 30.3 Å². The Morgan fingerprint density at radius 1 is 1.10 bits per heavy atom. The van der Waals surface area contributed by atoms with Crippen LogP contribution in [0.1, 0.15) is 34.3 Å². The van der Waals surface area contributed by atoms with Crippen molar-refractivity contribution in [3.05, 3.63) is 94.5 Å². The van der Waals surface area contributed by atoms with Crippen LogP contribution in [0.3, 0.4) is 0 Å².